The van der Waals surface area contributed by atoms with Crippen molar-refractivity contribution in [1.82, 2.24) is 0 Å². The van der Waals surface area contributed by atoms with Crippen molar-refractivity contribution in [3.8, 4) is 0 Å². The molecule has 0 saturated heterocycles. The molecule has 0 saturated carbocycles. The summed E-state index contributed by atoms with van der Waals surface area (Å²) >= 11 is 3.39. The average molecular weight is 320 g/mol. The molecule has 0 heterocycles. The van der Waals surface area contributed by atoms with Gasteiger partial charge in [-0.2, -0.15) is 0 Å². The molecule has 102 valence electrons. The second-order valence-corrected chi connectivity index (χ2v) is 4.67. The highest BCUT2D eigenvalue weighted by molar-refractivity contribution is 9.10. The number of anilines is 1. The van der Waals surface area contributed by atoms with Gasteiger partial charge < -0.3 is 25.0 Å². The number of hydrogen-bond acceptors (Lipinski definition) is 5. The minimum atomic E-state index is -0.801. The van der Waals surface area contributed by atoms with Gasteiger partial charge in [0.2, 0.25) is 0 Å². The van der Waals surface area contributed by atoms with Crippen molar-refractivity contribution < 1.29 is 19.7 Å². The first-order chi connectivity index (χ1) is 8.62. The lowest BCUT2D eigenvalue weighted by Crippen LogP contribution is -2.23. The summed E-state index contributed by atoms with van der Waals surface area (Å²) in [5.74, 6) is 0. The molecule has 1 rings (SSSR count). The van der Waals surface area contributed by atoms with Gasteiger partial charge in [-0.25, -0.2) is 0 Å². The maximum atomic E-state index is 9.33. The molecule has 3 N–H and O–H groups in total. The number of nitrogens with one attached hydrogen (secondary N) is 1. The molecule has 1 atom stereocenters. The van der Waals surface area contributed by atoms with Crippen LogP contribution in [0.5, 0.6) is 0 Å². The number of rotatable bonds is 7. The van der Waals surface area contributed by atoms with E-state index in [1.165, 1.54) is 0 Å². The van der Waals surface area contributed by atoms with Gasteiger partial charge in [0.05, 0.1) is 12.7 Å². The third kappa shape index (κ3) is 4.22. The number of hydrogen-bond donors (Lipinski definition) is 3. The van der Waals surface area contributed by atoms with Crippen LogP contribution in [0.2, 0.25) is 0 Å². The first-order valence-corrected chi connectivity index (χ1v) is 6.29. The molecule has 0 radical (unpaired) electrons. The molecule has 0 aliphatic heterocycles. The van der Waals surface area contributed by atoms with Crippen LogP contribution in [0.15, 0.2) is 22.7 Å². The fourth-order valence-corrected chi connectivity index (χ4v) is 1.91. The van der Waals surface area contributed by atoms with Crippen molar-refractivity contribution in [3.63, 3.8) is 0 Å². The minimum absolute atomic E-state index is 0.255. The van der Waals surface area contributed by atoms with Gasteiger partial charge in [0.1, 0.15) is 0 Å². The molecule has 0 aliphatic carbocycles. The Balaban J connectivity index is 2.88. The first kappa shape index (κ1) is 15.4. The van der Waals surface area contributed by atoms with Gasteiger partial charge >= 0.3 is 0 Å². The van der Waals surface area contributed by atoms with Gasteiger partial charge in [-0.15, -0.1) is 0 Å². The van der Waals surface area contributed by atoms with Gasteiger partial charge in [0.25, 0.3) is 0 Å². The van der Waals surface area contributed by atoms with Crippen molar-refractivity contribution in [1.29, 1.82) is 0 Å². The van der Waals surface area contributed by atoms with Gasteiger partial charge in [-0.3, -0.25) is 0 Å². The average Bonchev–Trinajstić information content (AvgIpc) is 2.38. The van der Waals surface area contributed by atoms with E-state index in [0.717, 1.165) is 15.7 Å². The molecule has 0 amide bonds. The lowest BCUT2D eigenvalue weighted by molar-refractivity contribution is -0.105. The van der Waals surface area contributed by atoms with Crippen LogP contribution >= 0.6 is 15.9 Å². The van der Waals surface area contributed by atoms with Crippen molar-refractivity contribution in [2.24, 2.45) is 0 Å². The summed E-state index contributed by atoms with van der Waals surface area (Å²) in [4.78, 5) is 0. The van der Waals surface area contributed by atoms with E-state index in [0.29, 0.717) is 0 Å². The molecule has 0 bridgehead atoms. The number of aliphatic hydroxyl groups is 2. The van der Waals surface area contributed by atoms with E-state index in [1.54, 1.807) is 14.2 Å². The second-order valence-electron chi connectivity index (χ2n) is 3.75. The van der Waals surface area contributed by atoms with Crippen LogP contribution in [-0.4, -0.2) is 43.7 Å². The predicted octanol–water partition coefficient (Wildman–Crippen LogP) is 1.51. The highest BCUT2D eigenvalue weighted by Crippen LogP contribution is 2.29. The van der Waals surface area contributed by atoms with Crippen molar-refractivity contribution >= 4 is 21.6 Å². The molecule has 1 unspecified atom stereocenters. The van der Waals surface area contributed by atoms with Crippen molar-refractivity contribution in [2.75, 3.05) is 32.7 Å². The maximum absolute atomic E-state index is 9.33. The van der Waals surface area contributed by atoms with E-state index in [1.807, 2.05) is 18.2 Å². The maximum Gasteiger partial charge on any atom is 0.185 e. The van der Waals surface area contributed by atoms with E-state index in [4.69, 9.17) is 14.6 Å². The highest BCUT2D eigenvalue weighted by atomic mass is 79.9. The molecule has 0 aliphatic rings. The predicted molar refractivity (Wildman–Crippen MR) is 72.5 cm³/mol. The summed E-state index contributed by atoms with van der Waals surface area (Å²) < 4.78 is 11.3. The van der Waals surface area contributed by atoms with Crippen LogP contribution in [-0.2, 0) is 9.47 Å². The van der Waals surface area contributed by atoms with Gasteiger partial charge in [-0.1, -0.05) is 15.9 Å². The Labute approximate surface area is 115 Å². The number of methoxy groups -OCH3 is 2. The molecule has 0 aromatic heterocycles. The lowest BCUT2D eigenvalue weighted by Gasteiger charge is -2.20. The second kappa shape index (κ2) is 7.70. The van der Waals surface area contributed by atoms with Crippen molar-refractivity contribution in [2.45, 2.75) is 12.4 Å². The largest absolute Gasteiger partial charge is 0.394 e. The number of halogens is 1. The Kier molecular flexibility index (Phi) is 6.59. The van der Waals surface area contributed by atoms with Gasteiger partial charge in [0, 0.05) is 36.5 Å². The molecule has 1 aromatic carbocycles. The quantitative estimate of drug-likeness (QED) is 0.664. The fourth-order valence-electron chi connectivity index (χ4n) is 1.53. The van der Waals surface area contributed by atoms with Gasteiger partial charge in [-0.05, 0) is 18.2 Å². The van der Waals surface area contributed by atoms with Crippen LogP contribution in [0, 0.1) is 0 Å². The molecule has 0 fully saturated rings. The smallest absolute Gasteiger partial charge is 0.185 e. The minimum Gasteiger partial charge on any atom is -0.394 e. The fraction of sp³-hybridized carbons (Fsp3) is 0.500. The SMILES string of the molecule is COC(OC)c1cc(Br)ccc1NCC(O)CO. The molecule has 0 spiro atoms. The van der Waals surface area contributed by atoms with E-state index in [9.17, 15) is 5.11 Å². The molecular formula is C12H18BrNO4. The molecule has 18 heavy (non-hydrogen) atoms. The zero-order valence-electron chi connectivity index (χ0n) is 10.4. The van der Waals surface area contributed by atoms with E-state index in [2.05, 4.69) is 21.2 Å². The Morgan fingerprint density at radius 3 is 2.56 bits per heavy atom. The summed E-state index contributed by atoms with van der Waals surface area (Å²) in [6.45, 7) is -0.0257. The van der Waals surface area contributed by atoms with Crippen LogP contribution in [0.4, 0.5) is 5.69 Å². The summed E-state index contributed by atoms with van der Waals surface area (Å²) in [5, 5.41) is 21.2. The summed E-state index contributed by atoms with van der Waals surface area (Å²) in [6.07, 6.45) is -1.29. The Hall–Kier alpha value is -0.660. The van der Waals surface area contributed by atoms with Crippen LogP contribution in [0.1, 0.15) is 11.9 Å². The summed E-state index contributed by atoms with van der Waals surface area (Å²) in [5.41, 5.74) is 1.61. The zero-order chi connectivity index (χ0) is 13.5. The van der Waals surface area contributed by atoms with Crippen molar-refractivity contribution in [3.05, 3.63) is 28.2 Å². The third-order valence-electron chi connectivity index (χ3n) is 2.43. The monoisotopic (exact) mass is 319 g/mol. The van der Waals surface area contributed by atoms with Gasteiger partial charge in [0.15, 0.2) is 6.29 Å². The standard InChI is InChI=1S/C12H18BrNO4/c1-17-12(18-2)10-5-8(13)3-4-11(10)14-6-9(16)7-15/h3-5,9,12,14-16H,6-7H2,1-2H3. The molecule has 6 heteroatoms. The Morgan fingerprint density at radius 2 is 2.00 bits per heavy atom. The Morgan fingerprint density at radius 1 is 1.33 bits per heavy atom. The van der Waals surface area contributed by atoms with E-state index < -0.39 is 12.4 Å². The molecule has 1 aromatic rings. The highest BCUT2D eigenvalue weighted by Gasteiger charge is 2.15. The zero-order valence-corrected chi connectivity index (χ0v) is 12.0. The molecule has 5 nitrogen and oxygen atoms in total. The number of ether oxygens (including phenoxy) is 2. The number of benzene rings is 1. The topological polar surface area (TPSA) is 71.0 Å². The number of aliphatic hydroxyl groups excluding tert-OH is 2. The Bertz CT molecular complexity index is 371. The summed E-state index contributed by atoms with van der Waals surface area (Å²) in [6, 6.07) is 5.61. The normalized spacial score (nSPS) is 12.8. The molecular weight excluding hydrogens is 302 g/mol. The summed E-state index contributed by atoms with van der Waals surface area (Å²) in [7, 11) is 3.11. The third-order valence-corrected chi connectivity index (χ3v) is 2.93. The van der Waals surface area contributed by atoms with E-state index in [-0.39, 0.29) is 13.2 Å². The van der Waals surface area contributed by atoms with E-state index >= 15 is 0 Å². The van der Waals surface area contributed by atoms with Crippen LogP contribution in [0.25, 0.3) is 0 Å². The first-order valence-electron chi connectivity index (χ1n) is 5.50. The lowest BCUT2D eigenvalue weighted by atomic mass is 10.1. The van der Waals surface area contributed by atoms with Crippen LogP contribution in [0.3, 0.4) is 0 Å². The van der Waals surface area contributed by atoms with Crippen LogP contribution < -0.4 is 5.32 Å².